The van der Waals surface area contributed by atoms with Crippen LogP contribution in [0.1, 0.15) is 5.56 Å². The maximum absolute atomic E-state index is 5.77. The number of benzene rings is 1. The second kappa shape index (κ2) is 3.53. The molecule has 0 aliphatic carbocycles. The average molecular weight is 217 g/mol. The predicted octanol–water partition coefficient (Wildman–Crippen LogP) is 1.53. The monoisotopic (exact) mass is 217 g/mol. The molecule has 0 saturated heterocycles. The van der Waals surface area contributed by atoms with Gasteiger partial charge in [0.25, 0.3) is 0 Å². The average Bonchev–Trinajstić information content (AvgIpc) is 2.75. The first kappa shape index (κ1) is 9.23. The van der Waals surface area contributed by atoms with Gasteiger partial charge in [0.2, 0.25) is 0 Å². The Labute approximate surface area is 92.2 Å². The molecule has 0 saturated carbocycles. The van der Waals surface area contributed by atoms with E-state index in [-0.39, 0.29) is 0 Å². The maximum atomic E-state index is 5.77. The number of anilines is 1. The molecule has 0 unspecified atom stereocenters. The summed E-state index contributed by atoms with van der Waals surface area (Å²) in [5.41, 5.74) is 8.70. The van der Waals surface area contributed by atoms with Crippen LogP contribution in [0.15, 0.2) is 24.4 Å². The van der Waals surface area contributed by atoms with E-state index < -0.39 is 0 Å². The number of hydrogen-bond donors (Lipinski definition) is 2. The summed E-state index contributed by atoms with van der Waals surface area (Å²) in [5, 5.41) is 6.60. The van der Waals surface area contributed by atoms with Crippen molar-refractivity contribution in [2.75, 3.05) is 12.5 Å². The van der Waals surface area contributed by atoms with Gasteiger partial charge in [-0.25, -0.2) is 0 Å². The van der Waals surface area contributed by atoms with E-state index in [1.165, 1.54) is 0 Å². The van der Waals surface area contributed by atoms with Crippen molar-refractivity contribution in [1.29, 1.82) is 0 Å². The number of aromatic nitrogens is 2. The van der Waals surface area contributed by atoms with E-state index in [0.717, 1.165) is 22.4 Å². The van der Waals surface area contributed by atoms with Crippen LogP contribution in [0.2, 0.25) is 0 Å². The zero-order valence-electron chi connectivity index (χ0n) is 8.56. The summed E-state index contributed by atoms with van der Waals surface area (Å²) in [5.74, 6) is 1.41. The fourth-order valence-electron chi connectivity index (χ4n) is 1.76. The maximum Gasteiger partial charge on any atom is 0.189 e. The first-order chi connectivity index (χ1) is 7.84. The molecule has 0 fully saturated rings. The van der Waals surface area contributed by atoms with Gasteiger partial charge in [0, 0.05) is 11.1 Å². The van der Waals surface area contributed by atoms with E-state index in [9.17, 15) is 0 Å². The first-order valence-electron chi connectivity index (χ1n) is 4.97. The molecule has 5 nitrogen and oxygen atoms in total. The highest BCUT2D eigenvalue weighted by atomic mass is 16.7. The van der Waals surface area contributed by atoms with Gasteiger partial charge in [-0.2, -0.15) is 5.10 Å². The van der Waals surface area contributed by atoms with E-state index in [0.29, 0.717) is 19.2 Å². The van der Waals surface area contributed by atoms with E-state index >= 15 is 0 Å². The van der Waals surface area contributed by atoms with Gasteiger partial charge >= 0.3 is 0 Å². The Morgan fingerprint density at radius 3 is 3.12 bits per heavy atom. The number of hydrogen-bond acceptors (Lipinski definition) is 4. The molecule has 1 aliphatic rings. The van der Waals surface area contributed by atoms with Crippen LogP contribution >= 0.6 is 0 Å². The van der Waals surface area contributed by atoms with Crippen LogP contribution in [0.4, 0.5) is 5.82 Å². The quantitative estimate of drug-likeness (QED) is 0.759. The molecule has 2 aromatic rings. The molecule has 3 rings (SSSR count). The molecule has 5 heteroatoms. The van der Waals surface area contributed by atoms with E-state index in [1.54, 1.807) is 6.20 Å². The summed E-state index contributed by atoms with van der Waals surface area (Å²) in [6.45, 7) is 0.897. The summed E-state index contributed by atoms with van der Waals surface area (Å²) in [6.07, 6.45) is 1.70. The van der Waals surface area contributed by atoms with Crippen LogP contribution in [0.3, 0.4) is 0 Å². The number of nitrogens with one attached hydrogen (secondary N) is 1. The SMILES string of the molecule is Nc1[nH]ncc1-c1ccc2c(c1)OCOC2. The number of fused-ring (bicyclic) bond motifs is 1. The molecule has 0 bridgehead atoms. The fraction of sp³-hybridized carbons (Fsp3) is 0.182. The first-order valence-corrected chi connectivity index (χ1v) is 4.97. The van der Waals surface area contributed by atoms with Crippen LogP contribution in [0, 0.1) is 0 Å². The molecule has 0 spiro atoms. The van der Waals surface area contributed by atoms with Gasteiger partial charge in [0.15, 0.2) is 6.79 Å². The summed E-state index contributed by atoms with van der Waals surface area (Å²) in [4.78, 5) is 0. The number of nitrogens with zero attached hydrogens (tertiary/aromatic N) is 1. The van der Waals surface area contributed by atoms with Crippen LogP contribution in [-0.4, -0.2) is 17.0 Å². The Kier molecular flexibility index (Phi) is 2.04. The van der Waals surface area contributed by atoms with Crippen molar-refractivity contribution in [2.45, 2.75) is 6.61 Å². The molecule has 1 aliphatic heterocycles. The minimum Gasteiger partial charge on any atom is -0.467 e. The third kappa shape index (κ3) is 1.42. The summed E-state index contributed by atoms with van der Waals surface area (Å²) in [6, 6.07) is 5.92. The second-order valence-electron chi connectivity index (χ2n) is 3.63. The van der Waals surface area contributed by atoms with E-state index in [2.05, 4.69) is 10.2 Å². The van der Waals surface area contributed by atoms with Gasteiger partial charge in [-0.05, 0) is 11.6 Å². The van der Waals surface area contributed by atoms with Crippen molar-refractivity contribution in [3.63, 3.8) is 0 Å². The molecule has 16 heavy (non-hydrogen) atoms. The van der Waals surface area contributed by atoms with Gasteiger partial charge in [0.1, 0.15) is 11.6 Å². The lowest BCUT2D eigenvalue weighted by Crippen LogP contribution is -2.11. The number of aromatic amines is 1. The van der Waals surface area contributed by atoms with Crippen molar-refractivity contribution in [3.05, 3.63) is 30.0 Å². The third-order valence-corrected chi connectivity index (χ3v) is 2.60. The van der Waals surface area contributed by atoms with Crippen molar-refractivity contribution in [1.82, 2.24) is 10.2 Å². The lowest BCUT2D eigenvalue weighted by molar-refractivity contribution is -0.0163. The minimum absolute atomic E-state index is 0.303. The zero-order chi connectivity index (χ0) is 11.0. The molecule has 1 aromatic carbocycles. The van der Waals surface area contributed by atoms with Gasteiger partial charge in [-0.15, -0.1) is 0 Å². The lowest BCUT2D eigenvalue weighted by atomic mass is 10.1. The summed E-state index contributed by atoms with van der Waals surface area (Å²) >= 11 is 0. The molecule has 0 amide bonds. The van der Waals surface area contributed by atoms with Crippen molar-refractivity contribution in [2.24, 2.45) is 0 Å². The topological polar surface area (TPSA) is 73.2 Å². The van der Waals surface area contributed by atoms with E-state index in [4.69, 9.17) is 15.2 Å². The Bertz CT molecular complexity index is 522. The number of rotatable bonds is 1. The van der Waals surface area contributed by atoms with Crippen LogP contribution in [0.5, 0.6) is 5.75 Å². The number of nitrogens with two attached hydrogens (primary N) is 1. The second-order valence-corrected chi connectivity index (χ2v) is 3.63. The standard InChI is InChI=1S/C11H11N3O2/c12-11-9(4-13-14-11)7-1-2-8-5-15-6-16-10(8)3-7/h1-4H,5-6H2,(H3,12,13,14). The molecular weight excluding hydrogens is 206 g/mol. The Morgan fingerprint density at radius 1 is 1.38 bits per heavy atom. The highest BCUT2D eigenvalue weighted by Gasteiger charge is 2.13. The van der Waals surface area contributed by atoms with Gasteiger partial charge in [-0.1, -0.05) is 12.1 Å². The van der Waals surface area contributed by atoms with Crippen LogP contribution in [-0.2, 0) is 11.3 Å². The predicted molar refractivity (Wildman–Crippen MR) is 58.7 cm³/mol. The Balaban J connectivity index is 2.06. The number of nitrogen functional groups attached to an aromatic ring is 1. The van der Waals surface area contributed by atoms with Crippen molar-refractivity contribution in [3.8, 4) is 16.9 Å². The van der Waals surface area contributed by atoms with Gasteiger partial charge in [-0.3, -0.25) is 5.10 Å². The highest BCUT2D eigenvalue weighted by Crippen LogP contribution is 2.31. The summed E-state index contributed by atoms with van der Waals surface area (Å²) < 4.78 is 10.6. The molecule has 0 radical (unpaired) electrons. The summed E-state index contributed by atoms with van der Waals surface area (Å²) in [7, 11) is 0. The highest BCUT2D eigenvalue weighted by molar-refractivity contribution is 5.74. The molecule has 2 heterocycles. The smallest absolute Gasteiger partial charge is 0.189 e. The normalized spacial score (nSPS) is 14.2. The largest absolute Gasteiger partial charge is 0.467 e. The molecule has 0 atom stereocenters. The molecule has 1 aromatic heterocycles. The third-order valence-electron chi connectivity index (χ3n) is 2.60. The van der Waals surface area contributed by atoms with Crippen molar-refractivity contribution >= 4 is 5.82 Å². The molecule has 3 N–H and O–H groups in total. The Morgan fingerprint density at radius 2 is 2.31 bits per heavy atom. The van der Waals surface area contributed by atoms with Gasteiger partial charge in [0.05, 0.1) is 12.8 Å². The van der Waals surface area contributed by atoms with Gasteiger partial charge < -0.3 is 15.2 Å². The minimum atomic E-state index is 0.303. The van der Waals surface area contributed by atoms with Crippen LogP contribution < -0.4 is 10.5 Å². The zero-order valence-corrected chi connectivity index (χ0v) is 8.56. The van der Waals surface area contributed by atoms with Crippen LogP contribution in [0.25, 0.3) is 11.1 Å². The number of ether oxygens (including phenoxy) is 2. The molecular formula is C11H11N3O2. The van der Waals surface area contributed by atoms with E-state index in [1.807, 2.05) is 18.2 Å². The Hall–Kier alpha value is -2.01. The van der Waals surface area contributed by atoms with Crippen molar-refractivity contribution < 1.29 is 9.47 Å². The number of H-pyrrole nitrogens is 1. The fourth-order valence-corrected chi connectivity index (χ4v) is 1.76. The molecule has 82 valence electrons. The lowest BCUT2D eigenvalue weighted by Gasteiger charge is -2.18.